The Morgan fingerprint density at radius 3 is 2.46 bits per heavy atom. The Kier molecular flexibility index (Phi) is 5.23. The summed E-state index contributed by atoms with van der Waals surface area (Å²) in [5, 5.41) is 5.18. The van der Waals surface area contributed by atoms with Crippen molar-refractivity contribution in [3.8, 4) is 11.6 Å². The molecule has 4 rings (SSSR count). The summed E-state index contributed by atoms with van der Waals surface area (Å²) in [6.45, 7) is 5.72. The van der Waals surface area contributed by atoms with Crippen LogP contribution < -0.4 is 4.74 Å². The number of hydrogen-bond acceptors (Lipinski definition) is 5. The summed E-state index contributed by atoms with van der Waals surface area (Å²) >= 11 is 0. The van der Waals surface area contributed by atoms with Crippen LogP contribution in [0.1, 0.15) is 36.8 Å². The molecule has 2 aromatic heterocycles. The first-order chi connectivity index (χ1) is 13.6. The van der Waals surface area contributed by atoms with Crippen LogP contribution in [-0.4, -0.2) is 50.3 Å². The van der Waals surface area contributed by atoms with E-state index in [-0.39, 0.29) is 12.5 Å². The number of benzene rings is 1. The summed E-state index contributed by atoms with van der Waals surface area (Å²) in [4.78, 5) is 23.0. The molecule has 0 saturated carbocycles. The fraction of sp³-hybridized carbons (Fsp3) is 0.429. The molecule has 7 heteroatoms. The normalized spacial score (nSPS) is 14.9. The van der Waals surface area contributed by atoms with E-state index in [4.69, 9.17) is 4.74 Å². The van der Waals surface area contributed by atoms with Crippen molar-refractivity contribution in [2.24, 2.45) is 0 Å². The van der Waals surface area contributed by atoms with Crippen LogP contribution in [0, 0.1) is 13.8 Å². The van der Waals surface area contributed by atoms with Crippen LogP contribution in [0.4, 0.5) is 0 Å². The average molecular weight is 379 g/mol. The molecular weight excluding hydrogens is 354 g/mol. The van der Waals surface area contributed by atoms with Crippen LogP contribution >= 0.6 is 0 Å². The first-order valence-corrected chi connectivity index (χ1v) is 9.80. The predicted molar refractivity (Wildman–Crippen MR) is 107 cm³/mol. The maximum Gasteiger partial charge on any atom is 0.260 e. The maximum atomic E-state index is 12.5. The highest BCUT2D eigenvalue weighted by atomic mass is 16.5. The zero-order valence-corrected chi connectivity index (χ0v) is 16.4. The fourth-order valence-electron chi connectivity index (χ4n) is 3.74. The summed E-state index contributed by atoms with van der Waals surface area (Å²) < 4.78 is 7.55. The molecule has 3 aromatic rings. The first kappa shape index (κ1) is 18.4. The minimum atomic E-state index is -0.0130. The van der Waals surface area contributed by atoms with Crippen LogP contribution in [-0.2, 0) is 4.79 Å². The molecule has 0 spiro atoms. The highest BCUT2D eigenvalue weighted by Crippen LogP contribution is 2.24. The van der Waals surface area contributed by atoms with Gasteiger partial charge in [0, 0.05) is 13.1 Å². The minimum Gasteiger partial charge on any atom is -0.467 e. The molecule has 0 bridgehead atoms. The summed E-state index contributed by atoms with van der Waals surface area (Å²) in [5.74, 6) is 0.402. The smallest absolute Gasteiger partial charge is 0.260 e. The standard InChI is InChI=1S/C21H25N5O2/c1-15-9-16(2)11-17(10-15)26-20-18(12-24-26)21(23-14-22-20)28-13-19(27)25-7-5-3-4-6-8-25/h9-12,14H,3-8,13H2,1-2H3. The number of rotatable bonds is 4. The van der Waals surface area contributed by atoms with E-state index >= 15 is 0 Å². The zero-order valence-electron chi connectivity index (χ0n) is 16.4. The van der Waals surface area contributed by atoms with Crippen LogP contribution in [0.2, 0.25) is 0 Å². The van der Waals surface area contributed by atoms with Gasteiger partial charge < -0.3 is 9.64 Å². The molecule has 7 nitrogen and oxygen atoms in total. The molecule has 1 aliphatic rings. The van der Waals surface area contributed by atoms with E-state index in [1.807, 2.05) is 4.90 Å². The third-order valence-electron chi connectivity index (χ3n) is 5.07. The highest BCUT2D eigenvalue weighted by Gasteiger charge is 2.18. The minimum absolute atomic E-state index is 0.00960. The fourth-order valence-corrected chi connectivity index (χ4v) is 3.74. The average Bonchev–Trinajstić information content (AvgIpc) is 2.92. The monoisotopic (exact) mass is 379 g/mol. The maximum absolute atomic E-state index is 12.5. The molecule has 3 heterocycles. The van der Waals surface area contributed by atoms with E-state index in [9.17, 15) is 4.79 Å². The molecule has 28 heavy (non-hydrogen) atoms. The van der Waals surface area contributed by atoms with Crippen molar-refractivity contribution in [1.29, 1.82) is 0 Å². The zero-order chi connectivity index (χ0) is 19.5. The van der Waals surface area contributed by atoms with Gasteiger partial charge in [0.1, 0.15) is 11.7 Å². The van der Waals surface area contributed by atoms with E-state index in [0.29, 0.717) is 16.9 Å². The Bertz CT molecular complexity index is 969. The van der Waals surface area contributed by atoms with Crippen LogP contribution in [0.5, 0.6) is 5.88 Å². The van der Waals surface area contributed by atoms with Crippen molar-refractivity contribution in [1.82, 2.24) is 24.6 Å². The van der Waals surface area contributed by atoms with Crippen molar-refractivity contribution in [2.75, 3.05) is 19.7 Å². The van der Waals surface area contributed by atoms with E-state index in [1.165, 1.54) is 19.2 Å². The van der Waals surface area contributed by atoms with Gasteiger partial charge >= 0.3 is 0 Å². The molecule has 0 atom stereocenters. The third-order valence-corrected chi connectivity index (χ3v) is 5.07. The quantitative estimate of drug-likeness (QED) is 0.696. The Morgan fingerprint density at radius 2 is 1.75 bits per heavy atom. The Balaban J connectivity index is 1.55. The largest absolute Gasteiger partial charge is 0.467 e. The first-order valence-electron chi connectivity index (χ1n) is 9.80. The van der Waals surface area contributed by atoms with Crippen LogP contribution in [0.15, 0.2) is 30.7 Å². The lowest BCUT2D eigenvalue weighted by molar-refractivity contribution is -0.133. The van der Waals surface area contributed by atoms with E-state index in [2.05, 4.69) is 47.1 Å². The number of amides is 1. The molecule has 0 radical (unpaired) electrons. The number of aryl methyl sites for hydroxylation is 2. The van der Waals surface area contributed by atoms with Gasteiger partial charge in [0.15, 0.2) is 12.3 Å². The van der Waals surface area contributed by atoms with E-state index in [0.717, 1.165) is 42.7 Å². The highest BCUT2D eigenvalue weighted by molar-refractivity contribution is 5.82. The summed E-state index contributed by atoms with van der Waals surface area (Å²) in [5.41, 5.74) is 3.93. The molecule has 1 saturated heterocycles. The van der Waals surface area contributed by atoms with Gasteiger partial charge in [-0.3, -0.25) is 4.79 Å². The molecule has 1 fully saturated rings. The Morgan fingerprint density at radius 1 is 1.04 bits per heavy atom. The van der Waals surface area contributed by atoms with Gasteiger partial charge in [-0.05, 0) is 49.9 Å². The molecule has 0 aliphatic carbocycles. The molecule has 146 valence electrons. The van der Waals surface area contributed by atoms with Crippen LogP contribution in [0.25, 0.3) is 16.7 Å². The van der Waals surface area contributed by atoms with E-state index in [1.54, 1.807) is 10.9 Å². The number of nitrogens with zero attached hydrogens (tertiary/aromatic N) is 5. The Labute approximate surface area is 164 Å². The number of carbonyl (C=O) groups is 1. The van der Waals surface area contributed by atoms with Crippen molar-refractivity contribution >= 4 is 16.9 Å². The molecule has 1 aromatic carbocycles. The second-order valence-corrected chi connectivity index (χ2v) is 7.40. The van der Waals surface area contributed by atoms with Gasteiger partial charge in [-0.1, -0.05) is 18.9 Å². The number of hydrogen-bond donors (Lipinski definition) is 0. The topological polar surface area (TPSA) is 73.1 Å². The lowest BCUT2D eigenvalue weighted by atomic mass is 10.1. The van der Waals surface area contributed by atoms with Gasteiger partial charge in [-0.15, -0.1) is 0 Å². The van der Waals surface area contributed by atoms with Gasteiger partial charge in [0.25, 0.3) is 5.91 Å². The lowest BCUT2D eigenvalue weighted by Crippen LogP contribution is -2.35. The SMILES string of the molecule is Cc1cc(C)cc(-n2ncc3c(OCC(=O)N4CCCCCC4)ncnc32)c1. The predicted octanol–water partition coefficient (Wildman–Crippen LogP) is 3.21. The summed E-state index contributed by atoms with van der Waals surface area (Å²) in [7, 11) is 0. The van der Waals surface area contributed by atoms with Gasteiger partial charge in [0.05, 0.1) is 11.9 Å². The molecule has 1 aliphatic heterocycles. The molecule has 0 N–H and O–H groups in total. The third kappa shape index (κ3) is 3.83. The van der Waals surface area contributed by atoms with Gasteiger partial charge in [-0.25, -0.2) is 14.6 Å². The van der Waals surface area contributed by atoms with Crippen molar-refractivity contribution in [2.45, 2.75) is 39.5 Å². The number of aromatic nitrogens is 4. The summed E-state index contributed by atoms with van der Waals surface area (Å²) in [6, 6.07) is 6.24. The number of ether oxygens (including phenoxy) is 1. The van der Waals surface area contributed by atoms with E-state index < -0.39 is 0 Å². The van der Waals surface area contributed by atoms with Crippen molar-refractivity contribution < 1.29 is 9.53 Å². The number of carbonyl (C=O) groups excluding carboxylic acids is 1. The van der Waals surface area contributed by atoms with Crippen LogP contribution in [0.3, 0.4) is 0 Å². The van der Waals surface area contributed by atoms with Crippen molar-refractivity contribution in [3.63, 3.8) is 0 Å². The number of fused-ring (bicyclic) bond motifs is 1. The summed E-state index contributed by atoms with van der Waals surface area (Å²) in [6.07, 6.45) is 7.65. The van der Waals surface area contributed by atoms with Crippen molar-refractivity contribution in [3.05, 3.63) is 41.9 Å². The van der Waals surface area contributed by atoms with Gasteiger partial charge in [0.2, 0.25) is 5.88 Å². The van der Waals surface area contributed by atoms with Gasteiger partial charge in [-0.2, -0.15) is 5.10 Å². The second kappa shape index (κ2) is 7.96. The lowest BCUT2D eigenvalue weighted by Gasteiger charge is -2.20. The Hall–Kier alpha value is -2.96. The second-order valence-electron chi connectivity index (χ2n) is 7.40. The molecule has 0 unspecified atom stereocenters. The molecule has 1 amide bonds. The number of likely N-dealkylation sites (tertiary alicyclic amines) is 1. The molecular formula is C21H25N5O2.